The summed E-state index contributed by atoms with van der Waals surface area (Å²) >= 11 is 0. The van der Waals surface area contributed by atoms with Gasteiger partial charge in [0.05, 0.1) is 0 Å². The van der Waals surface area contributed by atoms with Crippen molar-refractivity contribution < 1.29 is 4.42 Å². The van der Waals surface area contributed by atoms with Crippen molar-refractivity contribution in [2.45, 2.75) is 33.2 Å². The van der Waals surface area contributed by atoms with Gasteiger partial charge in [0.15, 0.2) is 17.2 Å². The number of anilines is 1. The number of aromatic nitrogens is 3. The molecule has 3 rings (SSSR count). The van der Waals surface area contributed by atoms with Crippen molar-refractivity contribution in [1.29, 1.82) is 0 Å². The van der Waals surface area contributed by atoms with Gasteiger partial charge in [-0.05, 0) is 19.9 Å². The molecule has 1 N–H and O–H groups in total. The first-order valence-electron chi connectivity index (χ1n) is 6.76. The second kappa shape index (κ2) is 4.77. The van der Waals surface area contributed by atoms with Crippen LogP contribution in [-0.4, -0.2) is 45.5 Å². The van der Waals surface area contributed by atoms with Gasteiger partial charge in [0, 0.05) is 26.1 Å². The summed E-state index contributed by atoms with van der Waals surface area (Å²) in [5, 5.41) is 3.49. The zero-order valence-corrected chi connectivity index (χ0v) is 11.6. The third-order valence-electron chi connectivity index (χ3n) is 3.54. The average Bonchev–Trinajstić information content (AvgIpc) is 2.94. The maximum Gasteiger partial charge on any atom is 0.252 e. The number of nitrogens with one attached hydrogen (secondary N) is 1. The minimum Gasteiger partial charge on any atom is -0.422 e. The molecule has 6 nitrogen and oxygen atoms in total. The Balaban J connectivity index is 1.88. The van der Waals surface area contributed by atoms with Crippen LogP contribution < -0.4 is 5.32 Å². The topological polar surface area (TPSA) is 67.1 Å². The van der Waals surface area contributed by atoms with E-state index in [1.165, 1.54) is 0 Å². The fourth-order valence-corrected chi connectivity index (χ4v) is 2.56. The predicted molar refractivity (Wildman–Crippen MR) is 73.2 cm³/mol. The Morgan fingerprint density at radius 3 is 2.89 bits per heavy atom. The van der Waals surface area contributed by atoms with E-state index in [9.17, 15) is 0 Å². The van der Waals surface area contributed by atoms with Crippen LogP contribution in [0.25, 0.3) is 11.2 Å². The van der Waals surface area contributed by atoms with Crippen LogP contribution >= 0.6 is 0 Å². The monoisotopic (exact) mass is 261 g/mol. The SMILES string of the molecule is CCN1CC[C@@H](Nc2nc(C)nc3oc(C)nc23)C1. The Kier molecular flexibility index (Phi) is 3.10. The number of likely N-dealkylation sites (tertiary alicyclic amines) is 1. The molecule has 0 radical (unpaired) electrons. The molecule has 2 aromatic heterocycles. The van der Waals surface area contributed by atoms with Crippen LogP contribution in [-0.2, 0) is 0 Å². The Hall–Kier alpha value is -1.69. The second-order valence-corrected chi connectivity index (χ2v) is 5.03. The number of likely N-dealkylation sites (N-methyl/N-ethyl adjacent to an activating group) is 1. The zero-order chi connectivity index (χ0) is 13.4. The molecule has 1 aliphatic rings. The van der Waals surface area contributed by atoms with Crippen molar-refractivity contribution in [1.82, 2.24) is 19.9 Å². The maximum atomic E-state index is 5.48. The minimum atomic E-state index is 0.425. The molecule has 0 unspecified atom stereocenters. The van der Waals surface area contributed by atoms with Gasteiger partial charge >= 0.3 is 0 Å². The van der Waals surface area contributed by atoms with Crippen molar-refractivity contribution in [3.63, 3.8) is 0 Å². The van der Waals surface area contributed by atoms with Crippen molar-refractivity contribution in [2.24, 2.45) is 0 Å². The van der Waals surface area contributed by atoms with E-state index in [4.69, 9.17) is 4.42 Å². The fraction of sp³-hybridized carbons (Fsp3) is 0.615. The Morgan fingerprint density at radius 2 is 2.16 bits per heavy atom. The lowest BCUT2D eigenvalue weighted by molar-refractivity contribution is 0.356. The van der Waals surface area contributed by atoms with Crippen LogP contribution in [0.1, 0.15) is 25.1 Å². The number of nitrogens with zero attached hydrogens (tertiary/aromatic N) is 4. The summed E-state index contributed by atoms with van der Waals surface area (Å²) in [7, 11) is 0. The molecule has 0 bridgehead atoms. The summed E-state index contributed by atoms with van der Waals surface area (Å²) < 4.78 is 5.48. The molecule has 1 aliphatic heterocycles. The highest BCUT2D eigenvalue weighted by atomic mass is 16.4. The fourth-order valence-electron chi connectivity index (χ4n) is 2.56. The molecule has 0 aromatic carbocycles. The zero-order valence-electron chi connectivity index (χ0n) is 11.6. The summed E-state index contributed by atoms with van der Waals surface area (Å²) in [5.74, 6) is 2.12. The van der Waals surface area contributed by atoms with Gasteiger partial charge in [-0.15, -0.1) is 0 Å². The van der Waals surface area contributed by atoms with Crippen LogP contribution in [0.5, 0.6) is 0 Å². The summed E-state index contributed by atoms with van der Waals surface area (Å²) in [6.45, 7) is 9.18. The lowest BCUT2D eigenvalue weighted by atomic mass is 10.2. The van der Waals surface area contributed by atoms with Crippen LogP contribution in [0, 0.1) is 13.8 Å². The first kappa shape index (κ1) is 12.3. The smallest absolute Gasteiger partial charge is 0.252 e. The summed E-state index contributed by atoms with van der Waals surface area (Å²) in [6.07, 6.45) is 1.13. The van der Waals surface area contributed by atoms with Crippen LogP contribution in [0.3, 0.4) is 0 Å². The van der Waals surface area contributed by atoms with Gasteiger partial charge in [-0.1, -0.05) is 6.92 Å². The predicted octanol–water partition coefficient (Wildman–Crippen LogP) is 1.74. The van der Waals surface area contributed by atoms with Gasteiger partial charge in [-0.25, -0.2) is 9.97 Å². The number of hydrogen-bond donors (Lipinski definition) is 1. The van der Waals surface area contributed by atoms with Gasteiger partial charge in [-0.3, -0.25) is 0 Å². The van der Waals surface area contributed by atoms with Gasteiger partial charge in [0.2, 0.25) is 0 Å². The summed E-state index contributed by atoms with van der Waals surface area (Å²) in [4.78, 5) is 15.5. The molecule has 1 fully saturated rings. The summed E-state index contributed by atoms with van der Waals surface area (Å²) in [6, 6.07) is 0.425. The Morgan fingerprint density at radius 1 is 1.32 bits per heavy atom. The first-order chi connectivity index (χ1) is 9.15. The quantitative estimate of drug-likeness (QED) is 0.907. The van der Waals surface area contributed by atoms with E-state index in [1.807, 2.05) is 13.8 Å². The lowest BCUT2D eigenvalue weighted by Crippen LogP contribution is -2.26. The van der Waals surface area contributed by atoms with E-state index >= 15 is 0 Å². The summed E-state index contributed by atoms with van der Waals surface area (Å²) in [5.41, 5.74) is 1.30. The Bertz CT molecular complexity index is 594. The average molecular weight is 261 g/mol. The second-order valence-electron chi connectivity index (χ2n) is 5.03. The van der Waals surface area contributed by atoms with Crippen molar-refractivity contribution in [3.8, 4) is 0 Å². The maximum absolute atomic E-state index is 5.48. The Labute approximate surface area is 112 Å². The number of hydrogen-bond acceptors (Lipinski definition) is 6. The van der Waals surface area contributed by atoms with Crippen molar-refractivity contribution in [2.75, 3.05) is 25.0 Å². The third kappa shape index (κ3) is 2.40. The number of rotatable bonds is 3. The van der Waals surface area contributed by atoms with E-state index in [-0.39, 0.29) is 0 Å². The highest BCUT2D eigenvalue weighted by Crippen LogP contribution is 2.22. The molecule has 1 saturated heterocycles. The molecule has 0 saturated carbocycles. The molecule has 0 aliphatic carbocycles. The molecule has 0 spiro atoms. The van der Waals surface area contributed by atoms with Gasteiger partial charge < -0.3 is 14.6 Å². The van der Waals surface area contributed by atoms with Gasteiger partial charge in [0.1, 0.15) is 5.82 Å². The molecule has 102 valence electrons. The standard InChI is InChI=1S/C13H19N5O/c1-4-18-6-5-10(7-18)17-12-11-13(15-8(2)14-12)19-9(3)16-11/h10H,4-7H2,1-3H3,(H,14,15,17)/t10-/m1/s1. The van der Waals surface area contributed by atoms with E-state index in [1.54, 1.807) is 0 Å². The highest BCUT2D eigenvalue weighted by Gasteiger charge is 2.23. The molecule has 0 amide bonds. The van der Waals surface area contributed by atoms with Crippen LogP contribution in [0.4, 0.5) is 5.82 Å². The first-order valence-corrected chi connectivity index (χ1v) is 6.76. The number of aryl methyl sites for hydroxylation is 2. The number of fused-ring (bicyclic) bond motifs is 1. The van der Waals surface area contributed by atoms with E-state index in [0.717, 1.165) is 37.4 Å². The minimum absolute atomic E-state index is 0.425. The normalized spacial score (nSPS) is 20.3. The highest BCUT2D eigenvalue weighted by molar-refractivity contribution is 5.81. The largest absolute Gasteiger partial charge is 0.422 e. The molecule has 6 heteroatoms. The van der Waals surface area contributed by atoms with E-state index in [2.05, 4.69) is 32.1 Å². The van der Waals surface area contributed by atoms with Crippen LogP contribution in [0.15, 0.2) is 4.42 Å². The molecular weight excluding hydrogens is 242 g/mol. The molecule has 19 heavy (non-hydrogen) atoms. The van der Waals surface area contributed by atoms with Crippen molar-refractivity contribution in [3.05, 3.63) is 11.7 Å². The number of oxazole rings is 1. The van der Waals surface area contributed by atoms with Crippen molar-refractivity contribution >= 4 is 17.0 Å². The van der Waals surface area contributed by atoms with Crippen LogP contribution in [0.2, 0.25) is 0 Å². The van der Waals surface area contributed by atoms with E-state index < -0.39 is 0 Å². The molecular formula is C13H19N5O. The molecule has 1 atom stereocenters. The van der Waals surface area contributed by atoms with Gasteiger partial charge in [0.25, 0.3) is 5.71 Å². The van der Waals surface area contributed by atoms with E-state index in [0.29, 0.717) is 23.5 Å². The molecule has 2 aromatic rings. The molecule has 3 heterocycles. The lowest BCUT2D eigenvalue weighted by Gasteiger charge is -2.15. The third-order valence-corrected chi connectivity index (χ3v) is 3.54. The van der Waals surface area contributed by atoms with Gasteiger partial charge in [-0.2, -0.15) is 4.98 Å².